The molecule has 0 nitrogen and oxygen atoms in total. The largest absolute Gasteiger partial charge is 2.00 e. The Kier molecular flexibility index (Phi) is 12.9. The Morgan fingerprint density at radius 2 is 0.768 bits per heavy atom. The second-order valence-corrected chi connectivity index (χ2v) is 20.7. The molecule has 0 aliphatic heterocycles. The van der Waals surface area contributed by atoms with Gasteiger partial charge < -0.3 is 0 Å². The molecule has 2 aliphatic rings. The van der Waals surface area contributed by atoms with Crippen LogP contribution >= 0.6 is 0 Å². The van der Waals surface area contributed by atoms with Crippen LogP contribution in [0.3, 0.4) is 0 Å². The first-order valence-corrected chi connectivity index (χ1v) is 21.0. The fourth-order valence-corrected chi connectivity index (χ4v) is 7.62. The van der Waals surface area contributed by atoms with Crippen LogP contribution in [0.4, 0.5) is 0 Å². The molecular weight excluding hydrogens is 752 g/mol. The molecule has 0 saturated heterocycles. The smallest absolute Gasteiger partial charge is 0.164 e. The molecule has 0 heterocycles. The van der Waals surface area contributed by atoms with E-state index in [2.05, 4.69) is 187 Å². The van der Waals surface area contributed by atoms with Gasteiger partial charge in [0.1, 0.15) is 0 Å². The topological polar surface area (TPSA) is 0 Å². The minimum atomic E-state index is 0. The zero-order valence-corrected chi connectivity index (χ0v) is 39.5. The minimum absolute atomic E-state index is 0. The molecule has 0 aromatic heterocycles. The van der Waals surface area contributed by atoms with E-state index in [9.17, 15) is 0 Å². The number of benzene rings is 4. The van der Waals surface area contributed by atoms with Crippen molar-refractivity contribution in [1.29, 1.82) is 0 Å². The van der Waals surface area contributed by atoms with E-state index in [1.165, 1.54) is 103 Å². The third-order valence-electron chi connectivity index (χ3n) is 11.6. The van der Waals surface area contributed by atoms with E-state index in [0.717, 1.165) is 11.8 Å². The van der Waals surface area contributed by atoms with E-state index >= 15 is 0 Å². The summed E-state index contributed by atoms with van der Waals surface area (Å²) in [6.45, 7) is 33.0. The quantitative estimate of drug-likeness (QED) is 0.123. The Balaban J connectivity index is 0.000000197. The molecule has 0 bridgehead atoms. The molecule has 8 rings (SSSR count). The van der Waals surface area contributed by atoms with Gasteiger partial charge in [0.2, 0.25) is 0 Å². The van der Waals surface area contributed by atoms with Gasteiger partial charge in [0.05, 0.1) is 0 Å². The Bertz CT molecular complexity index is 2050. The first-order valence-electron chi connectivity index (χ1n) is 21.0. The average Bonchev–Trinajstić information content (AvgIpc) is 4.04. The van der Waals surface area contributed by atoms with Crippen LogP contribution in [0.5, 0.6) is 0 Å². The molecule has 0 unspecified atom stereocenters. The van der Waals surface area contributed by atoms with E-state index in [-0.39, 0.29) is 47.9 Å². The molecule has 0 N–H and O–H groups in total. The van der Waals surface area contributed by atoms with Gasteiger partial charge in [-0.2, -0.15) is 12.1 Å². The summed E-state index contributed by atoms with van der Waals surface area (Å²) < 4.78 is 0. The van der Waals surface area contributed by atoms with Crippen molar-refractivity contribution in [2.75, 3.05) is 0 Å². The molecule has 292 valence electrons. The van der Waals surface area contributed by atoms with Gasteiger partial charge in [-0.05, 0) is 99.5 Å². The van der Waals surface area contributed by atoms with Crippen LogP contribution < -0.4 is 0 Å². The van der Waals surface area contributed by atoms with Crippen LogP contribution in [0.25, 0.3) is 43.8 Å². The van der Waals surface area contributed by atoms with Crippen LogP contribution in [0.15, 0.2) is 110 Å². The van der Waals surface area contributed by atoms with Crippen molar-refractivity contribution in [2.24, 2.45) is 0 Å². The van der Waals surface area contributed by atoms with Gasteiger partial charge in [0.25, 0.3) is 0 Å². The second-order valence-electron chi connectivity index (χ2n) is 20.7. The van der Waals surface area contributed by atoms with Crippen LogP contribution in [-0.4, -0.2) is 0 Å². The molecule has 0 amide bonds. The predicted octanol–water partition coefficient (Wildman–Crippen LogP) is 16.6. The fraction of sp³-hybridized carbons (Fsp3) is 0.418. The number of fused-ring (bicyclic) bond motifs is 2. The molecule has 2 saturated carbocycles. The van der Waals surface area contributed by atoms with Crippen molar-refractivity contribution in [3.63, 3.8) is 0 Å². The van der Waals surface area contributed by atoms with Crippen molar-refractivity contribution in [1.82, 2.24) is 0 Å². The molecule has 6 aromatic carbocycles. The summed E-state index contributed by atoms with van der Waals surface area (Å²) in [5, 5.41) is 5.62. The maximum Gasteiger partial charge on any atom is 2.00 e. The zero-order valence-electron chi connectivity index (χ0n) is 37.0. The molecule has 0 radical (unpaired) electrons. The summed E-state index contributed by atoms with van der Waals surface area (Å²) in [5.41, 5.74) is 14.8. The maximum absolute atomic E-state index is 3.36. The molecule has 6 aromatic rings. The van der Waals surface area contributed by atoms with Crippen LogP contribution in [-0.2, 0) is 47.9 Å². The fourth-order valence-electron chi connectivity index (χ4n) is 7.62. The number of hydrogen-bond donors (Lipinski definition) is 0. The summed E-state index contributed by atoms with van der Waals surface area (Å²) in [4.78, 5) is 0. The van der Waals surface area contributed by atoms with Gasteiger partial charge in [-0.1, -0.05) is 149 Å². The van der Waals surface area contributed by atoms with Crippen molar-refractivity contribution in [3.8, 4) is 22.3 Å². The van der Waals surface area contributed by atoms with E-state index in [1.807, 2.05) is 6.92 Å². The molecule has 0 atom stereocenters. The molecule has 2 fully saturated rings. The Morgan fingerprint density at radius 1 is 0.482 bits per heavy atom. The SMILES string of the molecule is C=CC.CC(C)(C)c1cc(-c2cccc3[cH-]c(C4CC4)cc23)cc(C(C)(C)C)c1.CC(C)(C)c1cc(-c2cccc3[cH-]c(C4CC4)cc23)cc(C(C)(C)C)c1.[Zr+2]. The molecule has 0 spiro atoms. The molecular formula is C55H68Zr. The monoisotopic (exact) mass is 818 g/mol. The van der Waals surface area contributed by atoms with Crippen molar-refractivity contribution in [3.05, 3.63) is 143 Å². The second kappa shape index (κ2) is 16.5. The van der Waals surface area contributed by atoms with Gasteiger partial charge in [-0.25, -0.2) is 0 Å². The number of hydrogen-bond acceptors (Lipinski definition) is 0. The van der Waals surface area contributed by atoms with Crippen molar-refractivity contribution >= 4 is 21.5 Å². The van der Waals surface area contributed by atoms with Crippen LogP contribution in [0.1, 0.15) is 161 Å². The summed E-state index contributed by atoms with van der Waals surface area (Å²) >= 11 is 0. The minimum Gasteiger partial charge on any atom is -0.164 e. The predicted molar refractivity (Wildman–Crippen MR) is 245 cm³/mol. The van der Waals surface area contributed by atoms with Crippen molar-refractivity contribution in [2.45, 2.75) is 149 Å². The number of rotatable bonds is 4. The Labute approximate surface area is 360 Å². The molecule has 1 heteroatoms. The molecule has 56 heavy (non-hydrogen) atoms. The van der Waals surface area contributed by atoms with Crippen LogP contribution in [0, 0.1) is 0 Å². The van der Waals surface area contributed by atoms with Crippen LogP contribution in [0.2, 0.25) is 0 Å². The average molecular weight is 820 g/mol. The van der Waals surface area contributed by atoms with E-state index < -0.39 is 0 Å². The zero-order chi connectivity index (χ0) is 40.1. The normalized spacial score (nSPS) is 14.7. The summed E-state index contributed by atoms with van der Waals surface area (Å²) in [7, 11) is 0. The van der Waals surface area contributed by atoms with Gasteiger partial charge in [-0.3, -0.25) is 0 Å². The van der Waals surface area contributed by atoms with E-state index in [1.54, 1.807) is 6.08 Å². The van der Waals surface area contributed by atoms with E-state index in [4.69, 9.17) is 0 Å². The number of allylic oxidation sites excluding steroid dienone is 1. The van der Waals surface area contributed by atoms with Gasteiger partial charge in [0.15, 0.2) is 0 Å². The summed E-state index contributed by atoms with van der Waals surface area (Å²) in [5.74, 6) is 1.61. The summed E-state index contributed by atoms with van der Waals surface area (Å²) in [6, 6.07) is 37.7. The Morgan fingerprint density at radius 3 is 1.02 bits per heavy atom. The Hall–Kier alpha value is -3.28. The third kappa shape index (κ3) is 10.2. The third-order valence-corrected chi connectivity index (χ3v) is 11.6. The van der Waals surface area contributed by atoms with Crippen molar-refractivity contribution < 1.29 is 26.2 Å². The van der Waals surface area contributed by atoms with Gasteiger partial charge in [-0.15, -0.1) is 75.6 Å². The van der Waals surface area contributed by atoms with E-state index in [0.29, 0.717) is 0 Å². The summed E-state index contributed by atoms with van der Waals surface area (Å²) in [6.07, 6.45) is 7.19. The standard InChI is InChI=1S/2C26H31.C3H6.Zr/c2*1-25(2,3)21-13-20(14-22(16-21)26(4,5)6)23-9-7-8-18-12-19(15-24(18)23)17-10-11-17;1-3-2;/h2*7-9,12-17H,10-11H2,1-6H3;3H,1H2,2H3;/q2*-1;;+2. The first kappa shape index (κ1) is 43.8. The maximum atomic E-state index is 3.36. The first-order chi connectivity index (χ1) is 25.7. The van der Waals surface area contributed by atoms with Gasteiger partial charge >= 0.3 is 26.2 Å². The molecule has 2 aliphatic carbocycles. The van der Waals surface area contributed by atoms with Gasteiger partial charge in [0, 0.05) is 0 Å².